The summed E-state index contributed by atoms with van der Waals surface area (Å²) >= 11 is 4.73. The molecule has 0 aliphatic heterocycles. The summed E-state index contributed by atoms with van der Waals surface area (Å²) in [5, 5.41) is 11.5. The Labute approximate surface area is 184 Å². The number of methoxy groups -OCH3 is 1. The van der Waals surface area contributed by atoms with Crippen molar-refractivity contribution in [3.63, 3.8) is 0 Å². The van der Waals surface area contributed by atoms with Crippen molar-refractivity contribution in [2.24, 2.45) is 0 Å². The topological polar surface area (TPSA) is 88.0 Å². The Morgan fingerprint density at radius 3 is 2.80 bits per heavy atom. The number of thiophene rings is 1. The molecule has 6 nitrogen and oxygen atoms in total. The van der Waals surface area contributed by atoms with Gasteiger partial charge in [-0.05, 0) is 63.3 Å². The Morgan fingerprint density at radius 2 is 2.10 bits per heavy atom. The first kappa shape index (κ1) is 19.9. The molecule has 2 heterocycles. The molecular weight excluding hydrogens is 466 g/mol. The van der Waals surface area contributed by atoms with Crippen LogP contribution in [0, 0.1) is 11.3 Å². The molecule has 0 amide bonds. The average Bonchev–Trinajstić information content (AvgIpc) is 3.43. The summed E-state index contributed by atoms with van der Waals surface area (Å²) in [5.74, 6) is 0.645. The Hall–Kier alpha value is -3.41. The number of ether oxygens (including phenoxy) is 2. The van der Waals surface area contributed by atoms with Gasteiger partial charge in [-0.1, -0.05) is 18.2 Å². The van der Waals surface area contributed by atoms with Gasteiger partial charge in [0.05, 0.1) is 28.2 Å². The van der Waals surface area contributed by atoms with Gasteiger partial charge in [0.15, 0.2) is 11.5 Å². The highest BCUT2D eigenvalue weighted by molar-refractivity contribution is 9.10. The Morgan fingerprint density at radius 1 is 1.27 bits per heavy atom. The van der Waals surface area contributed by atoms with Crippen LogP contribution in [0.25, 0.3) is 22.7 Å². The lowest BCUT2D eigenvalue weighted by Crippen LogP contribution is -2.08. The van der Waals surface area contributed by atoms with E-state index < -0.39 is 5.97 Å². The van der Waals surface area contributed by atoms with Crippen LogP contribution in [0.4, 0.5) is 0 Å². The molecule has 2 aromatic heterocycles. The highest BCUT2D eigenvalue weighted by atomic mass is 79.9. The summed E-state index contributed by atoms with van der Waals surface area (Å²) in [5.41, 5.74) is 2.68. The second kappa shape index (κ2) is 8.53. The molecule has 8 heteroatoms. The number of benzene rings is 2. The largest absolute Gasteiger partial charge is 0.493 e. The number of nitriles is 1. The van der Waals surface area contributed by atoms with Gasteiger partial charge in [-0.3, -0.25) is 0 Å². The molecule has 0 saturated heterocycles. The van der Waals surface area contributed by atoms with E-state index in [9.17, 15) is 10.1 Å². The number of hydrogen-bond acceptors (Lipinski definition) is 6. The maximum atomic E-state index is 12.3. The Kier molecular flexibility index (Phi) is 5.65. The third-order valence-corrected chi connectivity index (χ3v) is 5.68. The van der Waals surface area contributed by atoms with Crippen molar-refractivity contribution in [3.8, 4) is 17.6 Å². The van der Waals surface area contributed by atoms with Crippen LogP contribution in [0.3, 0.4) is 0 Å². The monoisotopic (exact) mass is 479 g/mol. The standard InChI is InChI=1S/C22H14BrN3O3S/c1-28-18-11-13(10-15(23)20(18)29-22(27)19-7-4-8-30-19)9-14(12-24)21-25-16-5-2-3-6-17(16)26-21/h2-11H,1H3,(H,25,26). The van der Waals surface area contributed by atoms with Crippen LogP contribution in [0.2, 0.25) is 0 Å². The highest BCUT2D eigenvalue weighted by Gasteiger charge is 2.18. The molecule has 0 unspecified atom stereocenters. The van der Waals surface area contributed by atoms with Crippen LogP contribution in [0.1, 0.15) is 21.1 Å². The molecule has 1 N–H and O–H groups in total. The van der Waals surface area contributed by atoms with Gasteiger partial charge in [-0.15, -0.1) is 11.3 Å². The molecular formula is C22H14BrN3O3S. The molecule has 148 valence electrons. The van der Waals surface area contributed by atoms with Crippen molar-refractivity contribution < 1.29 is 14.3 Å². The van der Waals surface area contributed by atoms with E-state index in [0.29, 0.717) is 32.1 Å². The van der Waals surface area contributed by atoms with Gasteiger partial charge < -0.3 is 14.5 Å². The number of para-hydroxylation sites is 2. The number of aromatic nitrogens is 2. The van der Waals surface area contributed by atoms with E-state index in [1.165, 1.54) is 18.4 Å². The normalized spacial score (nSPS) is 11.3. The molecule has 0 spiro atoms. The molecule has 0 saturated carbocycles. The lowest BCUT2D eigenvalue weighted by molar-refractivity contribution is 0.0733. The van der Waals surface area contributed by atoms with E-state index in [1.807, 2.05) is 24.3 Å². The zero-order chi connectivity index (χ0) is 21.1. The zero-order valence-corrected chi connectivity index (χ0v) is 18.1. The van der Waals surface area contributed by atoms with E-state index in [4.69, 9.17) is 9.47 Å². The number of H-pyrrole nitrogens is 1. The number of carbonyl (C=O) groups is 1. The molecule has 4 aromatic rings. The number of nitrogens with one attached hydrogen (secondary N) is 1. The van der Waals surface area contributed by atoms with E-state index in [0.717, 1.165) is 11.0 Å². The third kappa shape index (κ3) is 3.99. The van der Waals surface area contributed by atoms with Crippen LogP contribution >= 0.6 is 27.3 Å². The van der Waals surface area contributed by atoms with Crippen LogP contribution in [-0.2, 0) is 0 Å². The van der Waals surface area contributed by atoms with Gasteiger partial charge in [-0.2, -0.15) is 5.26 Å². The van der Waals surface area contributed by atoms with Crippen molar-refractivity contribution in [1.29, 1.82) is 5.26 Å². The van der Waals surface area contributed by atoms with Crippen molar-refractivity contribution in [2.45, 2.75) is 0 Å². The fourth-order valence-corrected chi connectivity index (χ4v) is 4.00. The van der Waals surface area contributed by atoms with Crippen molar-refractivity contribution in [2.75, 3.05) is 7.11 Å². The molecule has 0 bridgehead atoms. The smallest absolute Gasteiger partial charge is 0.353 e. The number of carbonyl (C=O) groups excluding carboxylic acids is 1. The van der Waals surface area contributed by atoms with E-state index in [1.54, 1.807) is 35.7 Å². The summed E-state index contributed by atoms with van der Waals surface area (Å²) < 4.78 is 11.5. The number of hydrogen-bond donors (Lipinski definition) is 1. The first-order chi connectivity index (χ1) is 14.6. The molecule has 2 aromatic carbocycles. The van der Waals surface area contributed by atoms with E-state index in [2.05, 4.69) is 32.0 Å². The summed E-state index contributed by atoms with van der Waals surface area (Å²) in [4.78, 5) is 20.4. The number of esters is 1. The second-order valence-corrected chi connectivity index (χ2v) is 7.98. The Bertz CT molecular complexity index is 1270. The number of imidazole rings is 1. The lowest BCUT2D eigenvalue weighted by Gasteiger charge is -2.12. The first-order valence-corrected chi connectivity index (χ1v) is 10.5. The maximum absolute atomic E-state index is 12.3. The highest BCUT2D eigenvalue weighted by Crippen LogP contribution is 2.38. The summed E-state index contributed by atoms with van der Waals surface area (Å²) in [6.45, 7) is 0. The zero-order valence-electron chi connectivity index (χ0n) is 15.7. The molecule has 0 atom stereocenters. The lowest BCUT2D eigenvalue weighted by atomic mass is 10.1. The van der Waals surface area contributed by atoms with Gasteiger partial charge in [0.2, 0.25) is 0 Å². The van der Waals surface area contributed by atoms with Crippen LogP contribution in [-0.4, -0.2) is 23.0 Å². The number of rotatable bonds is 5. The maximum Gasteiger partial charge on any atom is 0.353 e. The van der Waals surface area contributed by atoms with Crippen molar-refractivity contribution in [3.05, 3.63) is 74.6 Å². The predicted octanol–water partition coefficient (Wildman–Crippen LogP) is 5.68. The van der Waals surface area contributed by atoms with Gasteiger partial charge in [0.1, 0.15) is 16.8 Å². The number of nitrogens with zero attached hydrogens (tertiary/aromatic N) is 2. The van der Waals surface area contributed by atoms with Crippen LogP contribution in [0.5, 0.6) is 11.5 Å². The van der Waals surface area contributed by atoms with Gasteiger partial charge >= 0.3 is 5.97 Å². The molecule has 30 heavy (non-hydrogen) atoms. The fourth-order valence-electron chi connectivity index (χ4n) is 2.86. The summed E-state index contributed by atoms with van der Waals surface area (Å²) in [7, 11) is 1.49. The number of halogens is 1. The summed E-state index contributed by atoms with van der Waals surface area (Å²) in [6, 6.07) is 16.7. The minimum absolute atomic E-state index is 0.273. The molecule has 0 radical (unpaired) electrons. The number of fused-ring (bicyclic) bond motifs is 1. The third-order valence-electron chi connectivity index (χ3n) is 4.24. The second-order valence-electron chi connectivity index (χ2n) is 6.17. The fraction of sp³-hybridized carbons (Fsp3) is 0.0455. The van der Waals surface area contributed by atoms with Gasteiger partial charge in [0.25, 0.3) is 0 Å². The number of aromatic amines is 1. The van der Waals surface area contributed by atoms with Gasteiger partial charge in [0, 0.05) is 0 Å². The average molecular weight is 480 g/mol. The van der Waals surface area contributed by atoms with Crippen molar-refractivity contribution >= 4 is 55.9 Å². The van der Waals surface area contributed by atoms with Crippen LogP contribution in [0.15, 0.2) is 58.4 Å². The molecule has 0 fully saturated rings. The SMILES string of the molecule is COc1cc(C=C(C#N)c2nc3ccccc3[nH]2)cc(Br)c1OC(=O)c1cccs1. The van der Waals surface area contributed by atoms with E-state index in [-0.39, 0.29) is 5.75 Å². The molecule has 0 aliphatic rings. The van der Waals surface area contributed by atoms with Gasteiger partial charge in [-0.25, -0.2) is 9.78 Å². The minimum Gasteiger partial charge on any atom is -0.493 e. The first-order valence-electron chi connectivity index (χ1n) is 8.79. The number of allylic oxidation sites excluding steroid dienone is 1. The molecule has 4 rings (SSSR count). The summed E-state index contributed by atoms with van der Waals surface area (Å²) in [6.07, 6.45) is 1.69. The van der Waals surface area contributed by atoms with Crippen molar-refractivity contribution in [1.82, 2.24) is 9.97 Å². The molecule has 0 aliphatic carbocycles. The van der Waals surface area contributed by atoms with E-state index >= 15 is 0 Å². The van der Waals surface area contributed by atoms with Crippen LogP contribution < -0.4 is 9.47 Å². The predicted molar refractivity (Wildman–Crippen MR) is 120 cm³/mol. The minimum atomic E-state index is -0.465. The quantitative estimate of drug-likeness (QED) is 0.226. The Balaban J connectivity index is 1.69.